The molecule has 0 aromatic heterocycles. The van der Waals surface area contributed by atoms with Crippen molar-refractivity contribution < 1.29 is 9.09 Å². The van der Waals surface area contributed by atoms with E-state index in [1.165, 1.54) is 18.8 Å². The smallest absolute Gasteiger partial charge is 0.259 e. The summed E-state index contributed by atoms with van der Waals surface area (Å²) in [5, 5.41) is 1.36. The van der Waals surface area contributed by atoms with Crippen molar-refractivity contribution in [1.29, 1.82) is 0 Å². The van der Waals surface area contributed by atoms with Crippen LogP contribution in [0.2, 0.25) is 15.1 Å². The predicted octanol–water partition coefficient (Wildman–Crippen LogP) is 6.05. The topological polar surface area (TPSA) is 26.3 Å². The van der Waals surface area contributed by atoms with Gasteiger partial charge in [0, 0.05) is 17.0 Å². The first-order valence-corrected chi connectivity index (χ1v) is 9.70. The van der Waals surface area contributed by atoms with Gasteiger partial charge in [-0.1, -0.05) is 66.7 Å². The number of rotatable bonds is 4. The Kier molecular flexibility index (Phi) is 6.16. The van der Waals surface area contributed by atoms with Crippen molar-refractivity contribution in [1.82, 2.24) is 0 Å². The van der Waals surface area contributed by atoms with E-state index in [1.54, 1.807) is 0 Å². The molecule has 2 unspecified atom stereocenters. The van der Waals surface area contributed by atoms with Gasteiger partial charge in [0.1, 0.15) is 4.57 Å². The van der Waals surface area contributed by atoms with Crippen molar-refractivity contribution >= 4 is 74.0 Å². The van der Waals surface area contributed by atoms with Gasteiger partial charge in [-0.25, -0.2) is 0 Å². The van der Waals surface area contributed by atoms with Crippen LogP contribution in [0.4, 0.5) is 0 Å². The van der Waals surface area contributed by atoms with Gasteiger partial charge in [-0.2, -0.15) is 0 Å². The van der Waals surface area contributed by atoms with Crippen LogP contribution >= 0.6 is 74.0 Å². The zero-order valence-corrected chi connectivity index (χ0v) is 14.9. The average molecular weight is 445 g/mol. The van der Waals surface area contributed by atoms with Crippen LogP contribution in [-0.2, 0) is 4.57 Å². The lowest BCUT2D eigenvalue weighted by atomic mass is 10.3. The highest BCUT2D eigenvalue weighted by atomic mass is 79.9. The Labute approximate surface area is 132 Å². The van der Waals surface area contributed by atoms with Crippen LogP contribution in [0.5, 0.6) is 5.75 Å². The molecule has 1 aromatic rings. The summed E-state index contributed by atoms with van der Waals surface area (Å²) in [6, 6.07) is 2.98. The van der Waals surface area contributed by atoms with Gasteiger partial charge < -0.3 is 4.52 Å². The molecule has 0 fully saturated rings. The van der Waals surface area contributed by atoms with Gasteiger partial charge in [0.15, 0.2) is 5.75 Å². The van der Waals surface area contributed by atoms with E-state index in [9.17, 15) is 4.57 Å². The van der Waals surface area contributed by atoms with E-state index in [1.807, 2.05) is 0 Å². The molecule has 0 aliphatic rings. The minimum absolute atomic E-state index is 0.189. The summed E-state index contributed by atoms with van der Waals surface area (Å²) in [6.45, 7) is 1.51. The SMILES string of the molecule is CP(=O)(Oc1c(Cl)cc(Cl)cc1Cl)C(Br)CBr. The molecule has 0 aliphatic carbocycles. The summed E-state index contributed by atoms with van der Waals surface area (Å²) in [4.78, 5) is 0. The van der Waals surface area contributed by atoms with Crippen LogP contribution in [0.25, 0.3) is 0 Å². The first-order valence-electron chi connectivity index (χ1n) is 4.39. The van der Waals surface area contributed by atoms with Gasteiger partial charge in [0.05, 0.1) is 10.0 Å². The highest BCUT2D eigenvalue weighted by Gasteiger charge is 2.29. The quantitative estimate of drug-likeness (QED) is 0.417. The Hall–Kier alpha value is 1.08. The van der Waals surface area contributed by atoms with E-state index in [0.29, 0.717) is 10.4 Å². The molecule has 2 atom stereocenters. The molecule has 1 aromatic carbocycles. The van der Waals surface area contributed by atoms with Crippen LogP contribution in [0.1, 0.15) is 0 Å². The van der Waals surface area contributed by atoms with Crippen LogP contribution < -0.4 is 4.52 Å². The zero-order chi connectivity index (χ0) is 13.2. The van der Waals surface area contributed by atoms with Gasteiger partial charge in [-0.05, 0) is 12.1 Å². The lowest BCUT2D eigenvalue weighted by Crippen LogP contribution is -2.06. The number of hydrogen-bond donors (Lipinski definition) is 0. The molecular weight excluding hydrogens is 437 g/mol. The number of halogens is 5. The van der Waals surface area contributed by atoms with Crippen LogP contribution in [-0.4, -0.2) is 16.6 Å². The van der Waals surface area contributed by atoms with E-state index in [-0.39, 0.29) is 20.4 Å². The zero-order valence-electron chi connectivity index (χ0n) is 8.59. The Morgan fingerprint density at radius 2 is 1.82 bits per heavy atom. The minimum Gasteiger partial charge on any atom is -0.439 e. The largest absolute Gasteiger partial charge is 0.439 e. The second kappa shape index (κ2) is 6.49. The van der Waals surface area contributed by atoms with Gasteiger partial charge >= 0.3 is 0 Å². The van der Waals surface area contributed by atoms with Crippen molar-refractivity contribution in [2.45, 2.75) is 4.57 Å². The van der Waals surface area contributed by atoms with Gasteiger partial charge in [-0.15, -0.1) is 0 Å². The maximum absolute atomic E-state index is 12.3. The monoisotopic (exact) mass is 442 g/mol. The van der Waals surface area contributed by atoms with E-state index >= 15 is 0 Å². The molecule has 96 valence electrons. The van der Waals surface area contributed by atoms with Gasteiger partial charge in [0.2, 0.25) is 0 Å². The minimum atomic E-state index is -2.92. The standard InChI is InChI=1S/C9H8Br2Cl3O2P/c1-17(15,8(11)4-10)16-9-6(13)2-5(12)3-7(9)14/h2-3,8H,4H2,1H3. The molecule has 0 bridgehead atoms. The highest BCUT2D eigenvalue weighted by Crippen LogP contribution is 2.54. The van der Waals surface area contributed by atoms with Crippen molar-refractivity contribution in [2.24, 2.45) is 0 Å². The highest BCUT2D eigenvalue weighted by molar-refractivity contribution is 9.13. The van der Waals surface area contributed by atoms with Crippen LogP contribution in [0.15, 0.2) is 12.1 Å². The maximum atomic E-state index is 12.3. The van der Waals surface area contributed by atoms with Crippen molar-refractivity contribution in [3.8, 4) is 5.75 Å². The first-order chi connectivity index (χ1) is 7.77. The van der Waals surface area contributed by atoms with Gasteiger partial charge in [-0.3, -0.25) is 4.57 Å². The average Bonchev–Trinajstić information content (AvgIpc) is 2.22. The first kappa shape index (κ1) is 16.1. The molecular formula is C9H8Br2Cl3O2P. The second-order valence-corrected chi connectivity index (χ2v) is 9.62. The molecule has 0 saturated carbocycles. The molecule has 0 amide bonds. The molecule has 0 radical (unpaired) electrons. The molecule has 2 nitrogen and oxygen atoms in total. The Morgan fingerprint density at radius 1 is 1.35 bits per heavy atom. The van der Waals surface area contributed by atoms with E-state index < -0.39 is 7.37 Å². The molecule has 17 heavy (non-hydrogen) atoms. The third-order valence-electron chi connectivity index (χ3n) is 1.87. The third-order valence-corrected chi connectivity index (χ3v) is 8.97. The Bertz CT molecular complexity index is 447. The third kappa shape index (κ3) is 4.29. The molecule has 0 heterocycles. The van der Waals surface area contributed by atoms with Crippen LogP contribution in [0.3, 0.4) is 0 Å². The van der Waals surface area contributed by atoms with E-state index in [4.69, 9.17) is 39.3 Å². The fourth-order valence-electron chi connectivity index (χ4n) is 0.980. The Morgan fingerprint density at radius 3 is 2.24 bits per heavy atom. The summed E-state index contributed by atoms with van der Waals surface area (Å²) in [7, 11) is -2.92. The second-order valence-electron chi connectivity index (χ2n) is 3.29. The fourth-order valence-corrected chi connectivity index (χ4v) is 4.73. The summed E-state index contributed by atoms with van der Waals surface area (Å²) in [6.07, 6.45) is 0. The molecule has 0 spiro atoms. The number of hydrogen-bond acceptors (Lipinski definition) is 2. The summed E-state index contributed by atoms with van der Waals surface area (Å²) >= 11 is 24.2. The Balaban J connectivity index is 3.08. The molecule has 8 heteroatoms. The lowest BCUT2D eigenvalue weighted by molar-refractivity contribution is 0.488. The van der Waals surface area contributed by atoms with Crippen molar-refractivity contribution in [3.05, 3.63) is 27.2 Å². The predicted molar refractivity (Wildman–Crippen MR) is 82.1 cm³/mol. The van der Waals surface area contributed by atoms with Crippen molar-refractivity contribution in [2.75, 3.05) is 12.0 Å². The molecule has 0 saturated heterocycles. The summed E-state index contributed by atoms with van der Waals surface area (Å²) < 4.78 is 17.4. The van der Waals surface area contributed by atoms with Gasteiger partial charge in [0.25, 0.3) is 7.37 Å². The summed E-state index contributed by atoms with van der Waals surface area (Å²) in [5.41, 5.74) is 0. The van der Waals surface area contributed by atoms with E-state index in [0.717, 1.165) is 0 Å². The normalized spacial score (nSPS) is 16.4. The summed E-state index contributed by atoms with van der Waals surface area (Å²) in [5.74, 6) is 0.189. The van der Waals surface area contributed by atoms with Crippen molar-refractivity contribution in [3.63, 3.8) is 0 Å². The fraction of sp³-hybridized carbons (Fsp3) is 0.333. The molecule has 0 N–H and O–H groups in total. The lowest BCUT2D eigenvalue weighted by Gasteiger charge is -2.20. The van der Waals surface area contributed by atoms with E-state index in [2.05, 4.69) is 31.9 Å². The molecule has 0 aliphatic heterocycles. The maximum Gasteiger partial charge on any atom is 0.259 e. The molecule has 1 rings (SSSR count). The number of benzene rings is 1. The number of alkyl halides is 2. The van der Waals surface area contributed by atoms with Crippen LogP contribution in [0, 0.1) is 0 Å².